The van der Waals surface area contributed by atoms with Crippen molar-refractivity contribution in [3.05, 3.63) is 94.3 Å². The van der Waals surface area contributed by atoms with Crippen molar-refractivity contribution in [3.8, 4) is 11.4 Å². The molecular weight excluding hydrogens is 403 g/mol. The second kappa shape index (κ2) is 8.07. The number of nitrogens with zero attached hydrogens (tertiary/aromatic N) is 3. The maximum atomic E-state index is 12.9. The highest BCUT2D eigenvalue weighted by Gasteiger charge is 2.15. The molecule has 0 saturated carbocycles. The minimum atomic E-state index is -0.548. The van der Waals surface area contributed by atoms with Crippen molar-refractivity contribution in [2.24, 2.45) is 0 Å². The Morgan fingerprint density at radius 3 is 2.48 bits per heavy atom. The molecule has 1 aromatic heterocycles. The molecule has 8 nitrogen and oxygen atoms in total. The highest BCUT2D eigenvalue weighted by molar-refractivity contribution is 6.02. The first-order valence-corrected chi connectivity index (χ1v) is 9.12. The third-order valence-electron chi connectivity index (χ3n) is 4.53. The SMILES string of the molecule is O=C(/C=C/c1ccc(F)cc1)Nc1ccc(-c2nc3ccc([N+](=O)[O-])cc3n2O)cc1. The first kappa shape index (κ1) is 19.8. The Hall–Kier alpha value is -4.53. The lowest BCUT2D eigenvalue weighted by atomic mass is 10.2. The van der Waals surface area contributed by atoms with Crippen LogP contribution in [-0.2, 0) is 4.79 Å². The van der Waals surface area contributed by atoms with E-state index in [0.29, 0.717) is 22.3 Å². The summed E-state index contributed by atoms with van der Waals surface area (Å²) in [5.41, 5.74) is 2.24. The Morgan fingerprint density at radius 1 is 1.10 bits per heavy atom. The molecule has 0 radical (unpaired) electrons. The van der Waals surface area contributed by atoms with E-state index in [2.05, 4.69) is 10.3 Å². The quantitative estimate of drug-likeness (QED) is 0.212. The molecule has 4 aromatic rings. The summed E-state index contributed by atoms with van der Waals surface area (Å²) in [4.78, 5) is 26.8. The van der Waals surface area contributed by atoms with Crippen molar-refractivity contribution in [2.45, 2.75) is 0 Å². The van der Waals surface area contributed by atoms with Gasteiger partial charge in [0.25, 0.3) is 5.69 Å². The molecular formula is C22H15FN4O4. The maximum absolute atomic E-state index is 12.9. The average molecular weight is 418 g/mol. The number of benzene rings is 3. The molecule has 1 heterocycles. The number of non-ortho nitro benzene ring substituents is 1. The predicted molar refractivity (Wildman–Crippen MR) is 113 cm³/mol. The van der Waals surface area contributed by atoms with E-state index in [9.17, 15) is 24.5 Å². The molecule has 0 aliphatic rings. The van der Waals surface area contributed by atoms with E-state index in [1.165, 1.54) is 36.4 Å². The van der Waals surface area contributed by atoms with Gasteiger partial charge in [0, 0.05) is 29.5 Å². The first-order chi connectivity index (χ1) is 14.9. The molecule has 0 aliphatic heterocycles. The molecule has 0 unspecified atom stereocenters. The van der Waals surface area contributed by atoms with E-state index in [1.807, 2.05) is 0 Å². The van der Waals surface area contributed by atoms with Crippen molar-refractivity contribution in [2.75, 3.05) is 5.32 Å². The Balaban J connectivity index is 1.50. The largest absolute Gasteiger partial charge is 0.426 e. The summed E-state index contributed by atoms with van der Waals surface area (Å²) in [5, 5.41) is 24.0. The number of fused-ring (bicyclic) bond motifs is 1. The molecule has 3 aromatic carbocycles. The van der Waals surface area contributed by atoms with Crippen molar-refractivity contribution < 1.29 is 19.3 Å². The number of halogens is 1. The van der Waals surface area contributed by atoms with E-state index in [1.54, 1.807) is 42.5 Å². The number of carbonyl (C=O) groups is 1. The molecule has 0 saturated heterocycles. The Labute approximate surface area is 175 Å². The van der Waals surface area contributed by atoms with Crippen molar-refractivity contribution in [3.63, 3.8) is 0 Å². The molecule has 0 atom stereocenters. The van der Waals surface area contributed by atoms with Gasteiger partial charge < -0.3 is 10.5 Å². The second-order valence-electron chi connectivity index (χ2n) is 6.63. The fraction of sp³-hybridized carbons (Fsp3) is 0. The number of aromatic nitrogens is 2. The van der Waals surface area contributed by atoms with E-state index < -0.39 is 4.92 Å². The van der Waals surface area contributed by atoms with Gasteiger partial charge in [-0.25, -0.2) is 9.37 Å². The minimum Gasteiger partial charge on any atom is -0.426 e. The lowest BCUT2D eigenvalue weighted by Gasteiger charge is -2.05. The van der Waals surface area contributed by atoms with E-state index in [4.69, 9.17) is 0 Å². The number of imidazole rings is 1. The first-order valence-electron chi connectivity index (χ1n) is 9.12. The van der Waals surface area contributed by atoms with Crippen LogP contribution in [0.25, 0.3) is 28.5 Å². The van der Waals surface area contributed by atoms with Crippen LogP contribution in [0.4, 0.5) is 15.8 Å². The van der Waals surface area contributed by atoms with Crippen LogP contribution in [0.1, 0.15) is 5.56 Å². The molecule has 2 N–H and O–H groups in total. The fourth-order valence-corrected chi connectivity index (χ4v) is 2.98. The number of hydrogen-bond acceptors (Lipinski definition) is 5. The van der Waals surface area contributed by atoms with Gasteiger partial charge in [-0.3, -0.25) is 14.9 Å². The molecule has 0 aliphatic carbocycles. The fourth-order valence-electron chi connectivity index (χ4n) is 2.98. The summed E-state index contributed by atoms with van der Waals surface area (Å²) in [6.07, 6.45) is 2.90. The molecule has 154 valence electrons. The summed E-state index contributed by atoms with van der Waals surface area (Å²) < 4.78 is 13.7. The zero-order chi connectivity index (χ0) is 22.0. The van der Waals surface area contributed by atoms with Crippen LogP contribution in [0.2, 0.25) is 0 Å². The Morgan fingerprint density at radius 2 is 1.81 bits per heavy atom. The van der Waals surface area contributed by atoms with Gasteiger partial charge in [-0.05, 0) is 54.1 Å². The summed E-state index contributed by atoms with van der Waals surface area (Å²) in [6.45, 7) is 0. The van der Waals surface area contributed by atoms with Crippen molar-refractivity contribution in [1.29, 1.82) is 0 Å². The van der Waals surface area contributed by atoms with Gasteiger partial charge in [0.05, 0.1) is 10.4 Å². The molecule has 0 bridgehead atoms. The van der Waals surface area contributed by atoms with Gasteiger partial charge in [-0.2, -0.15) is 4.73 Å². The number of amides is 1. The predicted octanol–water partition coefficient (Wildman–Crippen LogP) is 4.64. The van der Waals surface area contributed by atoms with Crippen LogP contribution in [-0.4, -0.2) is 25.8 Å². The van der Waals surface area contributed by atoms with Gasteiger partial charge in [0.15, 0.2) is 5.82 Å². The van der Waals surface area contributed by atoms with Crippen molar-refractivity contribution in [1.82, 2.24) is 9.71 Å². The molecule has 0 fully saturated rings. The second-order valence-corrected chi connectivity index (χ2v) is 6.63. The molecule has 31 heavy (non-hydrogen) atoms. The third kappa shape index (κ3) is 4.25. The molecule has 9 heteroatoms. The topological polar surface area (TPSA) is 110 Å². The highest BCUT2D eigenvalue weighted by Crippen LogP contribution is 2.27. The van der Waals surface area contributed by atoms with E-state index >= 15 is 0 Å². The lowest BCUT2D eigenvalue weighted by Crippen LogP contribution is -2.07. The van der Waals surface area contributed by atoms with Gasteiger partial charge in [-0.1, -0.05) is 12.1 Å². The van der Waals surface area contributed by atoms with Crippen LogP contribution in [0.15, 0.2) is 72.8 Å². The number of anilines is 1. The summed E-state index contributed by atoms with van der Waals surface area (Å²) in [5.74, 6) is -0.500. The zero-order valence-corrected chi connectivity index (χ0v) is 15.9. The van der Waals surface area contributed by atoms with Crippen LogP contribution < -0.4 is 5.32 Å². The molecule has 0 spiro atoms. The normalized spacial score (nSPS) is 11.1. The summed E-state index contributed by atoms with van der Waals surface area (Å²) in [7, 11) is 0. The summed E-state index contributed by atoms with van der Waals surface area (Å²) >= 11 is 0. The van der Waals surface area contributed by atoms with E-state index in [0.717, 1.165) is 4.73 Å². The van der Waals surface area contributed by atoms with Gasteiger partial charge in [0.1, 0.15) is 11.3 Å². The minimum absolute atomic E-state index is 0.152. The van der Waals surface area contributed by atoms with Gasteiger partial charge in [-0.15, -0.1) is 0 Å². The van der Waals surface area contributed by atoms with Crippen LogP contribution in [0, 0.1) is 15.9 Å². The van der Waals surface area contributed by atoms with Gasteiger partial charge >= 0.3 is 0 Å². The smallest absolute Gasteiger partial charge is 0.271 e. The third-order valence-corrected chi connectivity index (χ3v) is 4.53. The number of hydrogen-bond donors (Lipinski definition) is 2. The number of nitro benzene ring substituents is 1. The number of nitrogens with one attached hydrogen (secondary N) is 1. The standard InChI is InChI=1S/C22H15FN4O4/c23-16-6-1-14(2-7-16)3-12-21(28)24-17-8-4-15(5-9-17)22-25-19-11-10-18(27(30)31)13-20(19)26(22)29/h1-13,29H,(H,24,28)/b12-3+. The zero-order valence-electron chi connectivity index (χ0n) is 15.9. The highest BCUT2D eigenvalue weighted by atomic mass is 19.1. The van der Waals surface area contributed by atoms with Crippen LogP contribution >= 0.6 is 0 Å². The lowest BCUT2D eigenvalue weighted by molar-refractivity contribution is -0.384. The molecule has 1 amide bonds. The van der Waals surface area contributed by atoms with Crippen LogP contribution in [0.3, 0.4) is 0 Å². The maximum Gasteiger partial charge on any atom is 0.271 e. The monoisotopic (exact) mass is 418 g/mol. The molecule has 4 rings (SSSR count). The Bertz CT molecular complexity index is 1310. The summed E-state index contributed by atoms with van der Waals surface area (Å²) in [6, 6.07) is 16.3. The number of rotatable bonds is 5. The average Bonchev–Trinajstić information content (AvgIpc) is 3.10. The Kier molecular flexibility index (Phi) is 5.15. The van der Waals surface area contributed by atoms with Crippen molar-refractivity contribution >= 4 is 34.4 Å². The number of carbonyl (C=O) groups excluding carboxylic acids is 1. The van der Waals surface area contributed by atoms with E-state index in [-0.39, 0.29) is 28.8 Å². The van der Waals surface area contributed by atoms with Gasteiger partial charge in [0.2, 0.25) is 5.91 Å². The number of nitro groups is 1. The van der Waals surface area contributed by atoms with Crippen LogP contribution in [0.5, 0.6) is 0 Å².